The zero-order chi connectivity index (χ0) is 11.6. The average Bonchev–Trinajstić information content (AvgIpc) is 2.46. The second-order valence-corrected chi connectivity index (χ2v) is 4.48. The largest absolute Gasteiger partial charge is 0.480 e. The number of hydrogen-bond acceptors (Lipinski definition) is 3. The van der Waals surface area contributed by atoms with Crippen LogP contribution in [0.25, 0.3) is 0 Å². The highest BCUT2D eigenvalue weighted by atomic mass is 16.4. The molecule has 0 bridgehead atoms. The number of aliphatic carboxylic acids is 1. The van der Waals surface area contributed by atoms with Crippen molar-refractivity contribution in [3.8, 4) is 0 Å². The molecule has 2 unspecified atom stereocenters. The van der Waals surface area contributed by atoms with E-state index in [4.69, 9.17) is 0 Å². The molecule has 0 radical (unpaired) electrons. The first-order valence-electron chi connectivity index (χ1n) is 5.66. The normalized spacial score (nSPS) is 32.5. The van der Waals surface area contributed by atoms with E-state index in [1.807, 2.05) is 20.9 Å². The average molecular weight is 214 g/mol. The monoisotopic (exact) mass is 214 g/mol. The van der Waals surface area contributed by atoms with E-state index in [0.29, 0.717) is 12.6 Å². The zero-order valence-electron chi connectivity index (χ0n) is 10.2. The van der Waals surface area contributed by atoms with Crippen LogP contribution >= 0.6 is 0 Å². The van der Waals surface area contributed by atoms with E-state index < -0.39 is 11.5 Å². The molecule has 1 aliphatic rings. The second kappa shape index (κ2) is 4.49. The fraction of sp³-hybridized carbons (Fsp3) is 0.909. The maximum absolute atomic E-state index is 11.5. The molecule has 1 saturated heterocycles. The predicted molar refractivity (Wildman–Crippen MR) is 60.0 cm³/mol. The van der Waals surface area contributed by atoms with Crippen LogP contribution < -0.4 is 0 Å². The summed E-state index contributed by atoms with van der Waals surface area (Å²) in [5.74, 6) is -0.678. The van der Waals surface area contributed by atoms with Crippen LogP contribution in [0.1, 0.15) is 27.2 Å². The van der Waals surface area contributed by atoms with Crippen LogP contribution in [-0.2, 0) is 4.79 Å². The molecule has 1 fully saturated rings. The van der Waals surface area contributed by atoms with Crippen LogP contribution in [0.15, 0.2) is 0 Å². The van der Waals surface area contributed by atoms with Crippen molar-refractivity contribution in [2.45, 2.75) is 38.8 Å². The van der Waals surface area contributed by atoms with E-state index >= 15 is 0 Å². The first kappa shape index (κ1) is 12.5. The second-order valence-electron chi connectivity index (χ2n) is 4.48. The molecule has 88 valence electrons. The lowest BCUT2D eigenvalue weighted by atomic mass is 9.94. The van der Waals surface area contributed by atoms with E-state index in [9.17, 15) is 9.90 Å². The van der Waals surface area contributed by atoms with Gasteiger partial charge in [-0.25, -0.2) is 0 Å². The Morgan fingerprint density at radius 1 is 1.53 bits per heavy atom. The van der Waals surface area contributed by atoms with Crippen LogP contribution in [0.2, 0.25) is 0 Å². The van der Waals surface area contributed by atoms with Crippen LogP contribution in [0, 0.1) is 0 Å². The van der Waals surface area contributed by atoms with Crippen molar-refractivity contribution >= 4 is 5.97 Å². The van der Waals surface area contributed by atoms with Gasteiger partial charge in [-0.15, -0.1) is 0 Å². The fourth-order valence-electron chi connectivity index (χ4n) is 2.63. The highest BCUT2D eigenvalue weighted by Gasteiger charge is 2.50. The number of rotatable bonds is 4. The number of hydrogen-bond donors (Lipinski definition) is 1. The third-order valence-corrected chi connectivity index (χ3v) is 3.66. The molecule has 1 heterocycles. The van der Waals surface area contributed by atoms with Crippen molar-refractivity contribution in [3.63, 3.8) is 0 Å². The molecule has 0 aliphatic carbocycles. The summed E-state index contributed by atoms with van der Waals surface area (Å²) in [6.45, 7) is 8.36. The van der Waals surface area contributed by atoms with Gasteiger partial charge in [-0.05, 0) is 33.5 Å². The van der Waals surface area contributed by atoms with Gasteiger partial charge < -0.3 is 10.0 Å². The van der Waals surface area contributed by atoms with Crippen molar-refractivity contribution < 1.29 is 9.90 Å². The Labute approximate surface area is 91.9 Å². The molecule has 4 nitrogen and oxygen atoms in total. The summed E-state index contributed by atoms with van der Waals surface area (Å²) < 4.78 is 0. The molecular formula is C11H22N2O2. The Bertz CT molecular complexity index is 229. The third-order valence-electron chi connectivity index (χ3n) is 3.66. The van der Waals surface area contributed by atoms with E-state index in [2.05, 4.69) is 16.7 Å². The van der Waals surface area contributed by atoms with Gasteiger partial charge in [0.2, 0.25) is 0 Å². The number of likely N-dealkylation sites (N-methyl/N-ethyl adjacent to an activating group) is 2. The van der Waals surface area contributed by atoms with Crippen molar-refractivity contribution in [1.29, 1.82) is 0 Å². The molecule has 1 rings (SSSR count). The Morgan fingerprint density at radius 2 is 2.07 bits per heavy atom. The number of likely N-dealkylation sites (tertiary alicyclic amines) is 1. The van der Waals surface area contributed by atoms with Gasteiger partial charge in [0.15, 0.2) is 0 Å². The standard InChI is InChI=1S/C11H22N2O2/c1-5-13(6-2)11(10(14)15)7-9(3)12(4)8-11/h9H,5-8H2,1-4H3,(H,14,15). The fourth-order valence-corrected chi connectivity index (χ4v) is 2.63. The number of carbonyl (C=O) groups is 1. The predicted octanol–water partition coefficient (Wildman–Crippen LogP) is 0.876. The zero-order valence-corrected chi connectivity index (χ0v) is 10.2. The van der Waals surface area contributed by atoms with Gasteiger partial charge in [-0.3, -0.25) is 9.69 Å². The number of carboxylic acids is 1. The van der Waals surface area contributed by atoms with Gasteiger partial charge in [-0.1, -0.05) is 13.8 Å². The molecule has 4 heteroatoms. The first-order valence-corrected chi connectivity index (χ1v) is 5.66. The van der Waals surface area contributed by atoms with Crippen LogP contribution in [0.4, 0.5) is 0 Å². The molecule has 15 heavy (non-hydrogen) atoms. The summed E-state index contributed by atoms with van der Waals surface area (Å²) in [5, 5.41) is 9.46. The smallest absolute Gasteiger partial charge is 0.325 e. The third kappa shape index (κ3) is 2.01. The quantitative estimate of drug-likeness (QED) is 0.754. The van der Waals surface area contributed by atoms with Gasteiger partial charge in [0.1, 0.15) is 5.54 Å². The summed E-state index contributed by atoms with van der Waals surface area (Å²) >= 11 is 0. The topological polar surface area (TPSA) is 43.8 Å². The number of nitrogens with zero attached hydrogens (tertiary/aromatic N) is 2. The summed E-state index contributed by atoms with van der Waals surface area (Å²) in [4.78, 5) is 15.7. The lowest BCUT2D eigenvalue weighted by Crippen LogP contribution is -2.56. The van der Waals surface area contributed by atoms with Gasteiger partial charge in [0.05, 0.1) is 0 Å². The highest BCUT2D eigenvalue weighted by molar-refractivity contribution is 5.79. The van der Waals surface area contributed by atoms with Crippen molar-refractivity contribution in [2.75, 3.05) is 26.7 Å². The molecule has 1 N–H and O–H groups in total. The van der Waals surface area contributed by atoms with Gasteiger partial charge >= 0.3 is 5.97 Å². The van der Waals surface area contributed by atoms with Crippen LogP contribution in [0.5, 0.6) is 0 Å². The molecule has 0 aromatic heterocycles. The van der Waals surface area contributed by atoms with E-state index in [-0.39, 0.29) is 0 Å². The maximum Gasteiger partial charge on any atom is 0.325 e. The number of carboxylic acid groups (broad SMARTS) is 1. The lowest BCUT2D eigenvalue weighted by molar-refractivity contribution is -0.150. The summed E-state index contributed by atoms with van der Waals surface area (Å²) in [6.07, 6.45) is 0.723. The Kier molecular flexibility index (Phi) is 3.73. The van der Waals surface area contributed by atoms with Crippen molar-refractivity contribution in [1.82, 2.24) is 9.80 Å². The van der Waals surface area contributed by atoms with Crippen LogP contribution in [0.3, 0.4) is 0 Å². The summed E-state index contributed by atoms with van der Waals surface area (Å²) in [7, 11) is 2.00. The molecular weight excluding hydrogens is 192 g/mol. The van der Waals surface area contributed by atoms with Gasteiger partial charge in [0.25, 0.3) is 0 Å². The van der Waals surface area contributed by atoms with E-state index in [0.717, 1.165) is 19.5 Å². The van der Waals surface area contributed by atoms with Crippen LogP contribution in [-0.4, -0.2) is 59.1 Å². The molecule has 1 aliphatic heterocycles. The molecule has 0 spiro atoms. The first-order chi connectivity index (χ1) is 6.97. The Morgan fingerprint density at radius 3 is 2.33 bits per heavy atom. The Hall–Kier alpha value is -0.610. The Balaban J connectivity index is 2.95. The maximum atomic E-state index is 11.5. The van der Waals surface area contributed by atoms with E-state index in [1.54, 1.807) is 0 Å². The molecule has 2 atom stereocenters. The minimum Gasteiger partial charge on any atom is -0.480 e. The van der Waals surface area contributed by atoms with Crippen molar-refractivity contribution in [2.24, 2.45) is 0 Å². The highest BCUT2D eigenvalue weighted by Crippen LogP contribution is 2.31. The lowest BCUT2D eigenvalue weighted by Gasteiger charge is -2.36. The molecule has 0 aromatic rings. The minimum atomic E-state index is -0.678. The van der Waals surface area contributed by atoms with Gasteiger partial charge in [-0.2, -0.15) is 0 Å². The minimum absolute atomic E-state index is 0.349. The van der Waals surface area contributed by atoms with Crippen molar-refractivity contribution in [3.05, 3.63) is 0 Å². The SMILES string of the molecule is CCN(CC)C1(C(=O)O)CC(C)N(C)C1. The van der Waals surface area contributed by atoms with Gasteiger partial charge in [0, 0.05) is 12.6 Å². The molecule has 0 saturated carbocycles. The molecule has 0 amide bonds. The van der Waals surface area contributed by atoms with E-state index in [1.165, 1.54) is 0 Å². The summed E-state index contributed by atoms with van der Waals surface area (Å²) in [5.41, 5.74) is -0.669. The summed E-state index contributed by atoms with van der Waals surface area (Å²) in [6, 6.07) is 0.349. The molecule has 0 aromatic carbocycles.